The quantitative estimate of drug-likeness (QED) is 0.815. The van der Waals surface area contributed by atoms with E-state index in [4.69, 9.17) is 9.26 Å². The Balaban J connectivity index is 1.61. The average molecular weight is 372 g/mol. The summed E-state index contributed by atoms with van der Waals surface area (Å²) in [6.07, 6.45) is 2.40. The van der Waals surface area contributed by atoms with Gasteiger partial charge in [-0.2, -0.15) is 0 Å². The molecule has 2 aromatic heterocycles. The summed E-state index contributed by atoms with van der Waals surface area (Å²) in [5.41, 5.74) is 2.23. The molecule has 2 saturated heterocycles. The highest BCUT2D eigenvalue weighted by Gasteiger charge is 2.33. The van der Waals surface area contributed by atoms with Crippen LogP contribution in [0.15, 0.2) is 10.6 Å². The molecule has 2 aromatic rings. The largest absolute Gasteiger partial charge is 0.377 e. The molecule has 2 aliphatic heterocycles. The van der Waals surface area contributed by atoms with Gasteiger partial charge in [0.25, 0.3) is 11.6 Å². The van der Waals surface area contributed by atoms with Crippen molar-refractivity contribution in [3.8, 4) is 0 Å². The van der Waals surface area contributed by atoms with E-state index in [-0.39, 0.29) is 17.9 Å². The minimum atomic E-state index is -0.261. The molecule has 1 unspecified atom stereocenters. The van der Waals surface area contributed by atoms with Gasteiger partial charge < -0.3 is 19.1 Å². The third kappa shape index (κ3) is 3.41. The molecule has 2 amide bonds. The maximum Gasteiger partial charge on any atom is 0.258 e. The first-order chi connectivity index (χ1) is 13.0. The van der Waals surface area contributed by atoms with Crippen molar-refractivity contribution in [2.24, 2.45) is 0 Å². The summed E-state index contributed by atoms with van der Waals surface area (Å²) in [6, 6.07) is 1.51. The zero-order valence-corrected chi connectivity index (χ0v) is 15.7. The van der Waals surface area contributed by atoms with Gasteiger partial charge in [-0.25, -0.2) is 4.98 Å². The topological polar surface area (TPSA) is 88.8 Å². The fraction of sp³-hybridized carbons (Fsp3) is 0.579. The number of aromatic nitrogens is 2. The Kier molecular flexibility index (Phi) is 4.82. The van der Waals surface area contributed by atoms with E-state index in [0.29, 0.717) is 54.2 Å². The first-order valence-electron chi connectivity index (χ1n) is 9.44. The lowest BCUT2D eigenvalue weighted by Crippen LogP contribution is -2.50. The monoisotopic (exact) mass is 372 g/mol. The predicted molar refractivity (Wildman–Crippen MR) is 97.4 cm³/mol. The van der Waals surface area contributed by atoms with Crippen LogP contribution in [0.5, 0.6) is 0 Å². The molecule has 27 heavy (non-hydrogen) atoms. The molecule has 144 valence electrons. The van der Waals surface area contributed by atoms with Gasteiger partial charge in [-0.1, -0.05) is 5.16 Å². The van der Waals surface area contributed by atoms with Gasteiger partial charge in [0.15, 0.2) is 0 Å². The second kappa shape index (κ2) is 7.26. The van der Waals surface area contributed by atoms with Gasteiger partial charge in [-0.15, -0.1) is 0 Å². The Morgan fingerprint density at radius 2 is 2.00 bits per heavy atom. The summed E-state index contributed by atoms with van der Waals surface area (Å²) in [7, 11) is 0. The molecule has 0 N–H and O–H groups in total. The molecule has 4 heterocycles. The summed E-state index contributed by atoms with van der Waals surface area (Å²) in [5.74, 6) is -0.0302. The molecule has 0 aliphatic carbocycles. The zero-order chi connectivity index (χ0) is 19.0. The molecular formula is C19H24N4O4. The molecule has 8 heteroatoms. The lowest BCUT2D eigenvalue weighted by atomic mass is 10.1. The highest BCUT2D eigenvalue weighted by atomic mass is 16.5. The number of aryl methyl sites for hydroxylation is 2. The zero-order valence-electron chi connectivity index (χ0n) is 15.7. The Hall–Kier alpha value is -2.48. The lowest BCUT2D eigenvalue weighted by Gasteiger charge is -2.36. The molecular weight excluding hydrogens is 348 g/mol. The van der Waals surface area contributed by atoms with Crippen molar-refractivity contribution in [1.29, 1.82) is 0 Å². The summed E-state index contributed by atoms with van der Waals surface area (Å²) in [4.78, 5) is 33.9. The molecule has 2 aliphatic rings. The number of pyridine rings is 1. The van der Waals surface area contributed by atoms with Crippen LogP contribution >= 0.6 is 0 Å². The molecule has 0 bridgehead atoms. The molecule has 0 aromatic carbocycles. The number of ether oxygens (including phenoxy) is 1. The first kappa shape index (κ1) is 17.9. The molecule has 0 spiro atoms. The maximum atomic E-state index is 13.4. The highest BCUT2D eigenvalue weighted by Crippen LogP contribution is 2.25. The standard InChI is InChI=1S/C19H24N4O4/c1-12-9-15(17-13(2)21-27-18(17)20-12)19(25)23-7-8-26-11-14(23)10-16(24)22-5-3-4-6-22/h9,14H,3-8,10-11H2,1-2H3. The smallest absolute Gasteiger partial charge is 0.258 e. The Morgan fingerprint density at radius 1 is 1.22 bits per heavy atom. The minimum absolute atomic E-state index is 0.0954. The van der Waals surface area contributed by atoms with Crippen molar-refractivity contribution in [2.75, 3.05) is 32.8 Å². The SMILES string of the molecule is Cc1cc(C(=O)N2CCOCC2CC(=O)N2CCCC2)c2c(C)noc2n1. The second-order valence-electron chi connectivity index (χ2n) is 7.28. The van der Waals surface area contributed by atoms with Crippen molar-refractivity contribution in [1.82, 2.24) is 19.9 Å². The van der Waals surface area contributed by atoms with Gasteiger partial charge in [0.1, 0.15) is 0 Å². The van der Waals surface area contributed by atoms with Crippen LogP contribution in [0, 0.1) is 13.8 Å². The Morgan fingerprint density at radius 3 is 2.78 bits per heavy atom. The van der Waals surface area contributed by atoms with Crippen molar-refractivity contribution < 1.29 is 18.8 Å². The number of morpholine rings is 1. The number of hydrogen-bond donors (Lipinski definition) is 0. The van der Waals surface area contributed by atoms with Crippen LogP contribution in [-0.2, 0) is 9.53 Å². The summed E-state index contributed by atoms with van der Waals surface area (Å²) < 4.78 is 10.8. The van der Waals surface area contributed by atoms with Crippen molar-refractivity contribution in [2.45, 2.75) is 39.2 Å². The van der Waals surface area contributed by atoms with Crippen LogP contribution in [0.4, 0.5) is 0 Å². The van der Waals surface area contributed by atoms with Crippen molar-refractivity contribution in [3.63, 3.8) is 0 Å². The number of nitrogens with zero attached hydrogens (tertiary/aromatic N) is 4. The van der Waals surface area contributed by atoms with Crippen LogP contribution in [-0.4, -0.2) is 70.6 Å². The average Bonchev–Trinajstić information content (AvgIpc) is 3.31. The fourth-order valence-electron chi connectivity index (χ4n) is 3.93. The normalized spacial score (nSPS) is 20.4. The molecule has 2 fully saturated rings. The highest BCUT2D eigenvalue weighted by molar-refractivity contribution is 6.06. The maximum absolute atomic E-state index is 13.4. The van der Waals surface area contributed by atoms with E-state index in [1.54, 1.807) is 17.9 Å². The molecule has 8 nitrogen and oxygen atoms in total. The van der Waals surface area contributed by atoms with Gasteiger partial charge in [0.2, 0.25) is 5.91 Å². The lowest BCUT2D eigenvalue weighted by molar-refractivity contribution is -0.132. The van der Waals surface area contributed by atoms with E-state index in [9.17, 15) is 9.59 Å². The number of rotatable bonds is 3. The van der Waals surface area contributed by atoms with Gasteiger partial charge in [0.05, 0.1) is 35.9 Å². The molecule has 0 saturated carbocycles. The summed E-state index contributed by atoms with van der Waals surface area (Å²) in [6.45, 7) is 6.55. The predicted octanol–water partition coefficient (Wildman–Crippen LogP) is 1.69. The van der Waals surface area contributed by atoms with Crippen molar-refractivity contribution >= 4 is 22.9 Å². The van der Waals surface area contributed by atoms with Crippen LogP contribution in [0.1, 0.15) is 41.0 Å². The minimum Gasteiger partial charge on any atom is -0.377 e. The van der Waals surface area contributed by atoms with Gasteiger partial charge in [-0.3, -0.25) is 9.59 Å². The van der Waals surface area contributed by atoms with E-state index < -0.39 is 0 Å². The number of fused-ring (bicyclic) bond motifs is 1. The molecule has 4 rings (SSSR count). The van der Waals surface area contributed by atoms with Crippen molar-refractivity contribution in [3.05, 3.63) is 23.0 Å². The Bertz CT molecular complexity index is 872. The number of hydrogen-bond acceptors (Lipinski definition) is 6. The second-order valence-corrected chi connectivity index (χ2v) is 7.28. The van der Waals surface area contributed by atoms with Crippen LogP contribution < -0.4 is 0 Å². The van der Waals surface area contributed by atoms with Gasteiger partial charge in [-0.05, 0) is 32.8 Å². The molecule has 0 radical (unpaired) electrons. The molecule has 1 atom stereocenters. The summed E-state index contributed by atoms with van der Waals surface area (Å²) in [5, 5.41) is 4.59. The van der Waals surface area contributed by atoms with E-state index in [2.05, 4.69) is 10.1 Å². The van der Waals surface area contributed by atoms with E-state index in [1.807, 2.05) is 11.8 Å². The fourth-order valence-corrected chi connectivity index (χ4v) is 3.93. The van der Waals surface area contributed by atoms with E-state index >= 15 is 0 Å². The number of carbonyl (C=O) groups excluding carboxylic acids is 2. The van der Waals surface area contributed by atoms with Crippen LogP contribution in [0.3, 0.4) is 0 Å². The van der Waals surface area contributed by atoms with Gasteiger partial charge in [0, 0.05) is 31.7 Å². The van der Waals surface area contributed by atoms with E-state index in [1.165, 1.54) is 0 Å². The summed E-state index contributed by atoms with van der Waals surface area (Å²) >= 11 is 0. The first-order valence-corrected chi connectivity index (χ1v) is 9.44. The number of likely N-dealkylation sites (tertiary alicyclic amines) is 1. The van der Waals surface area contributed by atoms with Crippen LogP contribution in [0.25, 0.3) is 11.1 Å². The van der Waals surface area contributed by atoms with Crippen LogP contribution in [0.2, 0.25) is 0 Å². The number of amides is 2. The Labute approximate surface area is 157 Å². The third-order valence-electron chi connectivity index (χ3n) is 5.33. The number of carbonyl (C=O) groups is 2. The van der Waals surface area contributed by atoms with Gasteiger partial charge >= 0.3 is 0 Å². The van der Waals surface area contributed by atoms with E-state index in [0.717, 1.165) is 25.9 Å². The third-order valence-corrected chi connectivity index (χ3v) is 5.33.